The molecule has 0 fully saturated rings. The summed E-state index contributed by atoms with van der Waals surface area (Å²) in [6.07, 6.45) is 0. The summed E-state index contributed by atoms with van der Waals surface area (Å²) in [5, 5.41) is 35.5. The van der Waals surface area contributed by atoms with E-state index >= 15 is 0 Å². The third kappa shape index (κ3) is 3.57. The van der Waals surface area contributed by atoms with Crippen LogP contribution in [-0.2, 0) is 5.41 Å². The Labute approximate surface area is 169 Å². The molecule has 1 atom stereocenters. The van der Waals surface area contributed by atoms with E-state index in [4.69, 9.17) is 0 Å². The van der Waals surface area contributed by atoms with Crippen molar-refractivity contribution in [1.82, 2.24) is 15.1 Å². The molecule has 150 valence electrons. The number of para-hydroxylation sites is 1. The van der Waals surface area contributed by atoms with Crippen molar-refractivity contribution < 1.29 is 9.90 Å². The number of hydrogen-bond acceptors (Lipinski definition) is 6. The quantitative estimate of drug-likeness (QED) is 0.753. The number of aromatic nitrogens is 2. The molecule has 0 aliphatic carbocycles. The Morgan fingerprint density at radius 1 is 1.24 bits per heavy atom. The maximum absolute atomic E-state index is 12.7. The highest BCUT2D eigenvalue weighted by Gasteiger charge is 2.37. The fourth-order valence-corrected chi connectivity index (χ4v) is 2.99. The lowest BCUT2D eigenvalue weighted by atomic mass is 9.90. The van der Waals surface area contributed by atoms with Gasteiger partial charge in [0.15, 0.2) is 5.82 Å². The molecular formula is C20H23N7O2. The molecule has 0 radical (unpaired) electrons. The van der Waals surface area contributed by atoms with Gasteiger partial charge in [-0.15, -0.1) is 10.2 Å². The van der Waals surface area contributed by atoms with Crippen LogP contribution in [0.1, 0.15) is 39.0 Å². The lowest BCUT2D eigenvalue weighted by Crippen LogP contribution is -2.50. The Bertz CT molecular complexity index is 1030. The Morgan fingerprint density at radius 3 is 2.48 bits per heavy atom. The maximum Gasteiger partial charge on any atom is 0.331 e. The van der Waals surface area contributed by atoms with Gasteiger partial charge in [0, 0.05) is 12.5 Å². The molecule has 2 aromatic rings. The second kappa shape index (κ2) is 7.39. The minimum Gasteiger partial charge on any atom is -0.493 e. The first-order valence-electron chi connectivity index (χ1n) is 9.12. The lowest BCUT2D eigenvalue weighted by molar-refractivity contribution is 0.193. The van der Waals surface area contributed by atoms with Gasteiger partial charge in [-0.2, -0.15) is 10.4 Å². The number of azo groups is 1. The number of hydrogen-bond donors (Lipinski definition) is 2. The average molecular weight is 393 g/mol. The number of nitrogens with zero attached hydrogens (tertiary/aromatic N) is 6. The number of aliphatic hydroxyl groups is 1. The highest BCUT2D eigenvalue weighted by molar-refractivity contribution is 5.96. The van der Waals surface area contributed by atoms with Gasteiger partial charge >= 0.3 is 6.03 Å². The summed E-state index contributed by atoms with van der Waals surface area (Å²) >= 11 is 0. The second-order valence-corrected chi connectivity index (χ2v) is 7.81. The standard InChI is InChI=1S/C20H23N7O2/c1-12-15(22-24-17-14(11-21)16(23-25-17)20(2,3)4)18(28)27(19(29)26(12)5)13-9-7-6-8-10-13/h6-10,12,28H,1-5H3,(H,23,25)/b24-22+. The normalized spacial score (nSPS) is 17.9. The first-order chi connectivity index (χ1) is 13.7. The van der Waals surface area contributed by atoms with E-state index in [0.717, 1.165) is 0 Å². The number of carbonyl (C=O) groups excluding carboxylic acids is 1. The molecule has 9 heteroatoms. The van der Waals surface area contributed by atoms with E-state index in [-0.39, 0.29) is 28.8 Å². The predicted molar refractivity (Wildman–Crippen MR) is 108 cm³/mol. The summed E-state index contributed by atoms with van der Waals surface area (Å²) in [4.78, 5) is 15.3. The van der Waals surface area contributed by atoms with Crippen LogP contribution in [0.15, 0.2) is 52.1 Å². The molecule has 2 amide bonds. The molecule has 0 spiro atoms. The van der Waals surface area contributed by atoms with Crippen LogP contribution < -0.4 is 4.90 Å². The number of H-pyrrole nitrogens is 1. The Hall–Kier alpha value is -3.67. The molecule has 2 heterocycles. The predicted octanol–water partition coefficient (Wildman–Crippen LogP) is 4.35. The van der Waals surface area contributed by atoms with E-state index in [0.29, 0.717) is 16.9 Å². The van der Waals surface area contributed by atoms with Gasteiger partial charge in [0.25, 0.3) is 0 Å². The summed E-state index contributed by atoms with van der Waals surface area (Å²) in [6.45, 7) is 7.58. The summed E-state index contributed by atoms with van der Waals surface area (Å²) in [5.74, 6) is -0.0969. The van der Waals surface area contributed by atoms with Gasteiger partial charge in [-0.3, -0.25) is 5.10 Å². The monoisotopic (exact) mass is 393 g/mol. The van der Waals surface area contributed by atoms with Crippen molar-refractivity contribution in [3.05, 3.63) is 53.2 Å². The van der Waals surface area contributed by atoms with Crippen molar-refractivity contribution in [2.45, 2.75) is 39.2 Å². The van der Waals surface area contributed by atoms with E-state index in [1.807, 2.05) is 26.8 Å². The molecule has 1 unspecified atom stereocenters. The minimum absolute atomic E-state index is 0.201. The maximum atomic E-state index is 12.7. The van der Waals surface area contributed by atoms with Crippen molar-refractivity contribution in [3.8, 4) is 6.07 Å². The van der Waals surface area contributed by atoms with Crippen LogP contribution in [0.2, 0.25) is 0 Å². The highest BCUT2D eigenvalue weighted by Crippen LogP contribution is 2.32. The van der Waals surface area contributed by atoms with E-state index in [1.54, 1.807) is 38.2 Å². The number of benzene rings is 1. The van der Waals surface area contributed by atoms with Crippen LogP contribution >= 0.6 is 0 Å². The molecule has 9 nitrogen and oxygen atoms in total. The number of nitrogens with one attached hydrogen (secondary N) is 1. The number of likely N-dealkylation sites (N-methyl/N-ethyl adjacent to an activating group) is 1. The number of nitriles is 1. The molecule has 0 saturated heterocycles. The van der Waals surface area contributed by atoms with E-state index < -0.39 is 6.04 Å². The first-order valence-corrected chi connectivity index (χ1v) is 9.12. The van der Waals surface area contributed by atoms with Crippen molar-refractivity contribution in [2.75, 3.05) is 11.9 Å². The zero-order chi connectivity index (χ0) is 21.3. The van der Waals surface area contributed by atoms with Crippen LogP contribution in [0.3, 0.4) is 0 Å². The number of urea groups is 1. The van der Waals surface area contributed by atoms with Crippen molar-refractivity contribution in [1.29, 1.82) is 5.26 Å². The van der Waals surface area contributed by atoms with Crippen molar-refractivity contribution >= 4 is 17.5 Å². The van der Waals surface area contributed by atoms with Gasteiger partial charge < -0.3 is 10.0 Å². The molecule has 0 bridgehead atoms. The molecule has 29 heavy (non-hydrogen) atoms. The molecule has 1 aromatic carbocycles. The summed E-state index contributed by atoms with van der Waals surface area (Å²) in [7, 11) is 1.62. The molecular weight excluding hydrogens is 370 g/mol. The van der Waals surface area contributed by atoms with Crippen LogP contribution in [0.25, 0.3) is 0 Å². The van der Waals surface area contributed by atoms with Crippen LogP contribution in [-0.4, -0.2) is 39.3 Å². The molecule has 1 aliphatic rings. The third-order valence-corrected chi connectivity index (χ3v) is 4.75. The van der Waals surface area contributed by atoms with E-state index in [1.165, 1.54) is 9.80 Å². The summed E-state index contributed by atoms with van der Waals surface area (Å²) in [6, 6.07) is 10.0. The van der Waals surface area contributed by atoms with Gasteiger partial charge in [0.05, 0.1) is 17.4 Å². The zero-order valence-electron chi connectivity index (χ0n) is 17.0. The van der Waals surface area contributed by atoms with E-state index in [2.05, 4.69) is 26.5 Å². The van der Waals surface area contributed by atoms with E-state index in [9.17, 15) is 15.2 Å². The van der Waals surface area contributed by atoms with Gasteiger partial charge in [0.1, 0.15) is 17.3 Å². The number of aromatic amines is 1. The summed E-state index contributed by atoms with van der Waals surface area (Å²) < 4.78 is 0. The molecule has 1 aliphatic heterocycles. The van der Waals surface area contributed by atoms with Crippen LogP contribution in [0.5, 0.6) is 0 Å². The Balaban J connectivity index is 2.05. The zero-order valence-corrected chi connectivity index (χ0v) is 17.0. The van der Waals surface area contributed by atoms with Crippen LogP contribution in [0, 0.1) is 11.3 Å². The van der Waals surface area contributed by atoms with Gasteiger partial charge in [-0.05, 0) is 19.1 Å². The third-order valence-electron chi connectivity index (χ3n) is 4.75. The molecule has 0 saturated carbocycles. The van der Waals surface area contributed by atoms with Gasteiger partial charge in [0.2, 0.25) is 5.88 Å². The SMILES string of the molecule is CC1C(/N=N/c2[nH]nc(C(C)(C)C)c2C#N)=C(O)N(c2ccccc2)C(=O)N1C. The summed E-state index contributed by atoms with van der Waals surface area (Å²) in [5.41, 5.74) is 1.25. The topological polar surface area (TPSA) is 121 Å². The Kier molecular flexibility index (Phi) is 5.12. The first kappa shape index (κ1) is 20.1. The number of anilines is 1. The fourth-order valence-electron chi connectivity index (χ4n) is 2.99. The largest absolute Gasteiger partial charge is 0.493 e. The van der Waals surface area contributed by atoms with Gasteiger partial charge in [-0.1, -0.05) is 39.0 Å². The fraction of sp³-hybridized carbons (Fsp3) is 0.350. The highest BCUT2D eigenvalue weighted by atomic mass is 16.3. The molecule has 2 N–H and O–H groups in total. The van der Waals surface area contributed by atoms with Gasteiger partial charge in [-0.25, -0.2) is 9.69 Å². The second-order valence-electron chi connectivity index (χ2n) is 7.81. The Morgan fingerprint density at radius 2 is 1.90 bits per heavy atom. The molecule has 3 rings (SSSR count). The minimum atomic E-state index is -0.512. The lowest BCUT2D eigenvalue weighted by Gasteiger charge is -2.36. The van der Waals surface area contributed by atoms with Crippen molar-refractivity contribution in [3.63, 3.8) is 0 Å². The number of rotatable bonds is 3. The van der Waals surface area contributed by atoms with Crippen LogP contribution in [0.4, 0.5) is 16.3 Å². The smallest absolute Gasteiger partial charge is 0.331 e. The molecule has 1 aromatic heterocycles. The number of aliphatic hydroxyl groups excluding tert-OH is 1. The number of carbonyl (C=O) groups is 1. The average Bonchev–Trinajstić information content (AvgIpc) is 3.10. The number of amides is 2. The van der Waals surface area contributed by atoms with Crippen molar-refractivity contribution in [2.24, 2.45) is 10.2 Å².